The predicted molar refractivity (Wildman–Crippen MR) is 139 cm³/mol. The fourth-order valence-corrected chi connectivity index (χ4v) is 5.33. The molecule has 4 aromatic rings. The molecule has 34 heavy (non-hydrogen) atoms. The van der Waals surface area contributed by atoms with Crippen molar-refractivity contribution >= 4 is 34.8 Å². The maximum absolute atomic E-state index is 12.6. The number of hydrogen-bond acceptors (Lipinski definition) is 4. The standard InChI is InChI=1S/C27H28N4O2.ClH/c32-27-28-23-10-4-5-11-24(23)31(27)21-14-16-29(17-15-21)18-22-19-30(20-8-2-1-3-9-20)25-12-6-7-13-26(25)33-22;/h1-13,21-22H,14-19H2,(H,28,32);1H. The summed E-state index contributed by atoms with van der Waals surface area (Å²) >= 11 is 0. The Hall–Kier alpha value is -3.22. The summed E-state index contributed by atoms with van der Waals surface area (Å²) in [6.07, 6.45) is 2.02. The molecule has 7 heteroatoms. The number of aromatic nitrogens is 2. The summed E-state index contributed by atoms with van der Waals surface area (Å²) < 4.78 is 8.37. The number of benzene rings is 3. The Morgan fingerprint density at radius 3 is 2.41 bits per heavy atom. The Bertz CT molecular complexity index is 1310. The Labute approximate surface area is 205 Å². The molecule has 3 aromatic carbocycles. The van der Waals surface area contributed by atoms with E-state index in [1.807, 2.05) is 34.9 Å². The quantitative estimate of drug-likeness (QED) is 0.451. The van der Waals surface area contributed by atoms with Crippen LogP contribution in [0.2, 0.25) is 0 Å². The van der Waals surface area contributed by atoms with Crippen LogP contribution >= 0.6 is 12.4 Å². The molecule has 3 heterocycles. The number of likely N-dealkylation sites (tertiary alicyclic amines) is 1. The Balaban J connectivity index is 0.00000241. The number of piperidine rings is 1. The highest BCUT2D eigenvalue weighted by molar-refractivity contribution is 5.85. The number of hydrogen-bond donors (Lipinski definition) is 1. The lowest BCUT2D eigenvalue weighted by Gasteiger charge is -2.40. The summed E-state index contributed by atoms with van der Waals surface area (Å²) in [6, 6.07) is 27.0. The van der Waals surface area contributed by atoms with Crippen LogP contribution in [0.5, 0.6) is 5.75 Å². The van der Waals surface area contributed by atoms with Gasteiger partial charge in [-0.15, -0.1) is 12.4 Å². The van der Waals surface area contributed by atoms with Gasteiger partial charge in [0.25, 0.3) is 0 Å². The van der Waals surface area contributed by atoms with E-state index in [4.69, 9.17) is 4.74 Å². The zero-order valence-electron chi connectivity index (χ0n) is 19.0. The number of anilines is 2. The zero-order chi connectivity index (χ0) is 22.2. The number of nitrogens with zero attached hydrogens (tertiary/aromatic N) is 3. The molecule has 0 aliphatic carbocycles. The van der Waals surface area contributed by atoms with Crippen LogP contribution in [-0.4, -0.2) is 46.7 Å². The van der Waals surface area contributed by atoms with Crippen molar-refractivity contribution in [2.24, 2.45) is 0 Å². The second-order valence-electron chi connectivity index (χ2n) is 9.00. The number of halogens is 1. The first-order chi connectivity index (χ1) is 16.3. The summed E-state index contributed by atoms with van der Waals surface area (Å²) in [7, 11) is 0. The van der Waals surface area contributed by atoms with E-state index in [0.29, 0.717) is 0 Å². The van der Waals surface area contributed by atoms with Crippen LogP contribution in [0, 0.1) is 0 Å². The SMILES string of the molecule is Cl.O=c1[nH]c2ccccc2n1C1CCN(CC2CN(c3ccccc3)c3ccccc3O2)CC1. The van der Waals surface area contributed by atoms with Crippen molar-refractivity contribution in [3.63, 3.8) is 0 Å². The molecule has 6 rings (SSSR count). The Kier molecular flexibility index (Phi) is 6.35. The number of rotatable bonds is 4. The fourth-order valence-electron chi connectivity index (χ4n) is 5.33. The number of ether oxygens (including phenoxy) is 1. The molecule has 2 aliphatic heterocycles. The van der Waals surface area contributed by atoms with Crippen molar-refractivity contribution in [3.05, 3.63) is 89.3 Å². The molecule has 0 saturated carbocycles. The van der Waals surface area contributed by atoms with Gasteiger partial charge in [-0.05, 0) is 49.2 Å². The summed E-state index contributed by atoms with van der Waals surface area (Å²) in [4.78, 5) is 20.4. The second-order valence-corrected chi connectivity index (χ2v) is 9.00. The van der Waals surface area contributed by atoms with E-state index in [9.17, 15) is 4.79 Å². The molecule has 1 saturated heterocycles. The highest BCUT2D eigenvalue weighted by Crippen LogP contribution is 2.38. The molecule has 0 spiro atoms. The largest absolute Gasteiger partial charge is 0.485 e. The lowest BCUT2D eigenvalue weighted by molar-refractivity contribution is 0.105. The fraction of sp³-hybridized carbons (Fsp3) is 0.296. The van der Waals surface area contributed by atoms with Crippen molar-refractivity contribution in [1.82, 2.24) is 14.5 Å². The van der Waals surface area contributed by atoms with Crippen molar-refractivity contribution in [1.29, 1.82) is 0 Å². The third kappa shape index (κ3) is 4.19. The molecule has 1 atom stereocenters. The van der Waals surface area contributed by atoms with E-state index in [0.717, 1.165) is 61.5 Å². The second kappa shape index (κ2) is 9.57. The highest BCUT2D eigenvalue weighted by atomic mass is 35.5. The first kappa shape index (κ1) is 22.6. The van der Waals surface area contributed by atoms with Crippen LogP contribution in [0.4, 0.5) is 11.4 Å². The van der Waals surface area contributed by atoms with Gasteiger partial charge in [0.15, 0.2) is 0 Å². The van der Waals surface area contributed by atoms with Gasteiger partial charge in [0.1, 0.15) is 11.9 Å². The maximum Gasteiger partial charge on any atom is 0.326 e. The lowest BCUT2D eigenvalue weighted by Crippen LogP contribution is -2.47. The number of H-pyrrole nitrogens is 1. The van der Waals surface area contributed by atoms with E-state index < -0.39 is 0 Å². The molecule has 2 aliphatic rings. The van der Waals surface area contributed by atoms with Gasteiger partial charge in [-0.2, -0.15) is 0 Å². The van der Waals surface area contributed by atoms with Crippen molar-refractivity contribution < 1.29 is 4.74 Å². The highest BCUT2D eigenvalue weighted by Gasteiger charge is 2.30. The minimum Gasteiger partial charge on any atom is -0.485 e. The van der Waals surface area contributed by atoms with Gasteiger partial charge < -0.3 is 14.6 Å². The number of imidazole rings is 1. The minimum atomic E-state index is 0. The molecule has 1 aromatic heterocycles. The first-order valence-corrected chi connectivity index (χ1v) is 11.8. The van der Waals surface area contributed by atoms with E-state index in [-0.39, 0.29) is 30.2 Å². The third-order valence-electron chi connectivity index (χ3n) is 6.91. The van der Waals surface area contributed by atoms with Crippen LogP contribution in [0.15, 0.2) is 83.7 Å². The summed E-state index contributed by atoms with van der Waals surface area (Å²) in [6.45, 7) is 3.63. The van der Waals surface area contributed by atoms with Gasteiger partial charge in [-0.25, -0.2) is 4.79 Å². The molecule has 1 N–H and O–H groups in total. The number of para-hydroxylation sites is 5. The summed E-state index contributed by atoms with van der Waals surface area (Å²) in [5, 5.41) is 0. The molecular formula is C27H29ClN4O2. The van der Waals surface area contributed by atoms with Crippen LogP contribution in [0.3, 0.4) is 0 Å². The van der Waals surface area contributed by atoms with E-state index >= 15 is 0 Å². The molecule has 1 fully saturated rings. The van der Waals surface area contributed by atoms with Gasteiger partial charge >= 0.3 is 5.69 Å². The lowest BCUT2D eigenvalue weighted by atomic mass is 10.0. The Morgan fingerprint density at radius 1 is 0.882 bits per heavy atom. The monoisotopic (exact) mass is 476 g/mol. The normalized spacial score (nSPS) is 18.8. The molecular weight excluding hydrogens is 448 g/mol. The van der Waals surface area contributed by atoms with Crippen molar-refractivity contribution in [2.75, 3.05) is 31.1 Å². The zero-order valence-corrected chi connectivity index (χ0v) is 19.8. The van der Waals surface area contributed by atoms with E-state index in [1.165, 1.54) is 5.69 Å². The Morgan fingerprint density at radius 2 is 1.59 bits per heavy atom. The molecule has 0 radical (unpaired) electrons. The number of aromatic amines is 1. The summed E-state index contributed by atoms with van der Waals surface area (Å²) in [5.41, 5.74) is 4.24. The molecule has 0 amide bonds. The van der Waals surface area contributed by atoms with E-state index in [2.05, 4.69) is 63.3 Å². The third-order valence-corrected chi connectivity index (χ3v) is 6.91. The first-order valence-electron chi connectivity index (χ1n) is 11.8. The van der Waals surface area contributed by atoms with Crippen molar-refractivity contribution in [2.45, 2.75) is 25.0 Å². The molecule has 0 bridgehead atoms. The van der Waals surface area contributed by atoms with Gasteiger partial charge in [0.2, 0.25) is 0 Å². The van der Waals surface area contributed by atoms with Gasteiger partial charge in [0, 0.05) is 31.4 Å². The molecule has 6 nitrogen and oxygen atoms in total. The van der Waals surface area contributed by atoms with E-state index in [1.54, 1.807) is 0 Å². The van der Waals surface area contributed by atoms with Crippen LogP contribution < -0.4 is 15.3 Å². The summed E-state index contributed by atoms with van der Waals surface area (Å²) in [5.74, 6) is 0.942. The van der Waals surface area contributed by atoms with Crippen LogP contribution in [0.25, 0.3) is 11.0 Å². The predicted octanol–water partition coefficient (Wildman–Crippen LogP) is 4.99. The van der Waals surface area contributed by atoms with Crippen LogP contribution in [-0.2, 0) is 0 Å². The molecule has 1 unspecified atom stereocenters. The maximum atomic E-state index is 12.6. The van der Waals surface area contributed by atoms with Gasteiger partial charge in [-0.3, -0.25) is 9.47 Å². The minimum absolute atomic E-state index is 0. The average molecular weight is 477 g/mol. The van der Waals surface area contributed by atoms with Gasteiger partial charge in [0.05, 0.1) is 23.3 Å². The average Bonchev–Trinajstić information content (AvgIpc) is 3.20. The smallest absolute Gasteiger partial charge is 0.326 e. The number of nitrogens with one attached hydrogen (secondary N) is 1. The molecule has 176 valence electrons. The van der Waals surface area contributed by atoms with Crippen LogP contribution in [0.1, 0.15) is 18.9 Å². The topological polar surface area (TPSA) is 53.5 Å². The van der Waals surface area contributed by atoms with Gasteiger partial charge in [-0.1, -0.05) is 42.5 Å². The number of fused-ring (bicyclic) bond motifs is 2. The van der Waals surface area contributed by atoms with Crippen molar-refractivity contribution in [3.8, 4) is 5.75 Å².